The van der Waals surface area contributed by atoms with Crippen molar-refractivity contribution in [2.75, 3.05) is 11.4 Å². The van der Waals surface area contributed by atoms with E-state index in [4.69, 9.17) is 5.10 Å². The van der Waals surface area contributed by atoms with Crippen LogP contribution in [-0.4, -0.2) is 47.2 Å². The van der Waals surface area contributed by atoms with Crippen LogP contribution in [0, 0.1) is 0 Å². The Morgan fingerprint density at radius 1 is 1.04 bits per heavy atom. The van der Waals surface area contributed by atoms with Gasteiger partial charge in [-0.2, -0.15) is 9.61 Å². The number of anilines is 1. The molecule has 0 bridgehead atoms. The number of aromatic nitrogens is 7. The summed E-state index contributed by atoms with van der Waals surface area (Å²) in [6.07, 6.45) is 5.60. The second kappa shape index (κ2) is 6.21. The summed E-state index contributed by atoms with van der Waals surface area (Å²) in [6.45, 7) is 1.80. The van der Waals surface area contributed by atoms with Gasteiger partial charge in [0.15, 0.2) is 11.5 Å². The number of hydrogen-bond acceptors (Lipinski definition) is 6. The second-order valence-electron chi connectivity index (χ2n) is 6.46. The van der Waals surface area contributed by atoms with E-state index in [9.17, 15) is 0 Å². The van der Waals surface area contributed by atoms with E-state index in [0.717, 1.165) is 48.8 Å². The van der Waals surface area contributed by atoms with Crippen molar-refractivity contribution in [1.29, 1.82) is 0 Å². The second-order valence-corrected chi connectivity index (χ2v) is 6.46. The first kappa shape index (κ1) is 15.0. The monoisotopic (exact) mass is 346 g/mol. The van der Waals surface area contributed by atoms with Crippen LogP contribution in [0.4, 0.5) is 5.82 Å². The lowest BCUT2D eigenvalue weighted by Crippen LogP contribution is -2.34. The molecule has 26 heavy (non-hydrogen) atoms. The van der Waals surface area contributed by atoms with E-state index in [1.54, 1.807) is 12.7 Å². The van der Waals surface area contributed by atoms with Crippen LogP contribution in [0.5, 0.6) is 0 Å². The molecule has 130 valence electrons. The maximum Gasteiger partial charge on any atom is 0.185 e. The van der Waals surface area contributed by atoms with Crippen LogP contribution in [-0.2, 0) is 6.54 Å². The van der Waals surface area contributed by atoms with E-state index in [0.29, 0.717) is 6.04 Å². The van der Waals surface area contributed by atoms with Crippen LogP contribution in [0.15, 0.2) is 55.1 Å². The van der Waals surface area contributed by atoms with Crippen molar-refractivity contribution in [1.82, 2.24) is 34.6 Å². The average Bonchev–Trinajstić information content (AvgIpc) is 3.43. The van der Waals surface area contributed by atoms with E-state index in [-0.39, 0.29) is 0 Å². The minimum absolute atomic E-state index is 0.360. The lowest BCUT2D eigenvalue weighted by molar-refractivity contribution is 0.505. The highest BCUT2D eigenvalue weighted by molar-refractivity contribution is 5.59. The zero-order valence-corrected chi connectivity index (χ0v) is 14.2. The van der Waals surface area contributed by atoms with Crippen molar-refractivity contribution in [2.24, 2.45) is 0 Å². The number of benzene rings is 1. The molecule has 0 amide bonds. The van der Waals surface area contributed by atoms with Gasteiger partial charge in [-0.25, -0.2) is 4.98 Å². The normalized spacial score (nSPS) is 17.2. The van der Waals surface area contributed by atoms with Crippen LogP contribution < -0.4 is 4.90 Å². The summed E-state index contributed by atoms with van der Waals surface area (Å²) in [5.41, 5.74) is 1.75. The van der Waals surface area contributed by atoms with E-state index in [2.05, 4.69) is 25.2 Å². The Labute approximate surface area is 150 Å². The van der Waals surface area contributed by atoms with Gasteiger partial charge >= 0.3 is 0 Å². The lowest BCUT2D eigenvalue weighted by atomic mass is 10.2. The van der Waals surface area contributed by atoms with Gasteiger partial charge in [-0.15, -0.1) is 15.3 Å². The Balaban J connectivity index is 1.51. The molecular weight excluding hydrogens is 328 g/mol. The van der Waals surface area contributed by atoms with Gasteiger partial charge in [0.1, 0.15) is 18.5 Å². The molecule has 1 aliphatic rings. The standard InChI is InChI=1S/C18H18N8/c1-2-5-14(6-3-1)18-22-21-16-8-9-17(23-26(16)18)25-10-4-7-15(25)11-24-13-19-12-20-24/h1-3,5-6,8-9,12-13,15H,4,7,10-11H2. The fourth-order valence-corrected chi connectivity index (χ4v) is 3.57. The molecule has 0 aliphatic carbocycles. The first-order valence-corrected chi connectivity index (χ1v) is 8.75. The van der Waals surface area contributed by atoms with Crippen LogP contribution >= 0.6 is 0 Å². The van der Waals surface area contributed by atoms with Crippen molar-refractivity contribution in [3.05, 3.63) is 55.1 Å². The SMILES string of the molecule is c1ccc(-c2nnc3ccc(N4CCCC4Cn4cncn4)nn23)cc1. The molecule has 0 N–H and O–H groups in total. The van der Waals surface area contributed by atoms with Crippen molar-refractivity contribution in [2.45, 2.75) is 25.4 Å². The van der Waals surface area contributed by atoms with Crippen LogP contribution in [0.1, 0.15) is 12.8 Å². The predicted molar refractivity (Wildman–Crippen MR) is 96.6 cm³/mol. The molecule has 5 rings (SSSR count). The summed E-state index contributed by atoms with van der Waals surface area (Å²) in [4.78, 5) is 6.38. The first-order valence-electron chi connectivity index (χ1n) is 8.75. The number of fused-ring (bicyclic) bond motifs is 1. The summed E-state index contributed by atoms with van der Waals surface area (Å²) >= 11 is 0. The van der Waals surface area contributed by atoms with Crippen LogP contribution in [0.25, 0.3) is 17.0 Å². The summed E-state index contributed by atoms with van der Waals surface area (Å²) < 4.78 is 3.71. The predicted octanol–water partition coefficient (Wildman–Crippen LogP) is 2.05. The zero-order valence-electron chi connectivity index (χ0n) is 14.2. The van der Waals surface area contributed by atoms with Gasteiger partial charge in [0.25, 0.3) is 0 Å². The van der Waals surface area contributed by atoms with E-state index in [1.165, 1.54) is 0 Å². The Kier molecular flexibility index (Phi) is 3.59. The third-order valence-corrected chi connectivity index (χ3v) is 4.82. The Hall–Kier alpha value is -3.29. The van der Waals surface area contributed by atoms with Crippen molar-refractivity contribution >= 4 is 11.5 Å². The third-order valence-electron chi connectivity index (χ3n) is 4.82. The largest absolute Gasteiger partial charge is 0.350 e. The Morgan fingerprint density at radius 3 is 2.81 bits per heavy atom. The fourth-order valence-electron chi connectivity index (χ4n) is 3.57. The molecule has 1 atom stereocenters. The number of rotatable bonds is 4. The molecule has 0 spiro atoms. The van der Waals surface area contributed by atoms with Gasteiger partial charge in [0.2, 0.25) is 0 Å². The molecule has 4 aromatic rings. The number of nitrogens with zero attached hydrogens (tertiary/aromatic N) is 8. The minimum atomic E-state index is 0.360. The Bertz CT molecular complexity index is 1010. The summed E-state index contributed by atoms with van der Waals surface area (Å²) in [6, 6.07) is 14.4. The molecule has 1 aliphatic heterocycles. The summed E-state index contributed by atoms with van der Waals surface area (Å²) in [5, 5.41) is 17.7. The zero-order chi connectivity index (χ0) is 17.3. The van der Waals surface area contributed by atoms with Gasteiger partial charge in [-0.05, 0) is 25.0 Å². The highest BCUT2D eigenvalue weighted by Crippen LogP contribution is 2.26. The maximum atomic E-state index is 4.85. The molecule has 8 heteroatoms. The van der Waals surface area contributed by atoms with Crippen molar-refractivity contribution in [3.8, 4) is 11.4 Å². The van der Waals surface area contributed by atoms with Crippen LogP contribution in [0.3, 0.4) is 0 Å². The molecule has 1 unspecified atom stereocenters. The first-order chi connectivity index (χ1) is 12.9. The summed E-state index contributed by atoms with van der Waals surface area (Å²) in [5.74, 6) is 1.70. The number of hydrogen-bond donors (Lipinski definition) is 0. The maximum absolute atomic E-state index is 4.85. The highest BCUT2D eigenvalue weighted by atomic mass is 15.4. The molecule has 0 radical (unpaired) electrons. The lowest BCUT2D eigenvalue weighted by Gasteiger charge is -2.25. The summed E-state index contributed by atoms with van der Waals surface area (Å²) in [7, 11) is 0. The topological polar surface area (TPSA) is 77.0 Å². The van der Waals surface area contributed by atoms with Crippen molar-refractivity contribution < 1.29 is 0 Å². The van der Waals surface area contributed by atoms with Gasteiger partial charge < -0.3 is 4.90 Å². The molecule has 1 saturated heterocycles. The molecule has 4 heterocycles. The molecule has 8 nitrogen and oxygen atoms in total. The third kappa shape index (κ3) is 2.59. The van der Waals surface area contributed by atoms with Crippen LogP contribution in [0.2, 0.25) is 0 Å². The van der Waals surface area contributed by atoms with E-state index < -0.39 is 0 Å². The van der Waals surface area contributed by atoms with Gasteiger partial charge in [0.05, 0.1) is 12.6 Å². The highest BCUT2D eigenvalue weighted by Gasteiger charge is 2.27. The quantitative estimate of drug-likeness (QED) is 0.563. The molecule has 0 saturated carbocycles. The van der Waals surface area contributed by atoms with E-state index in [1.807, 2.05) is 51.7 Å². The molecule has 1 fully saturated rings. The average molecular weight is 346 g/mol. The van der Waals surface area contributed by atoms with Gasteiger partial charge in [-0.3, -0.25) is 4.68 Å². The molecule has 3 aromatic heterocycles. The molecular formula is C18H18N8. The Morgan fingerprint density at radius 2 is 1.96 bits per heavy atom. The molecule has 1 aromatic carbocycles. The smallest absolute Gasteiger partial charge is 0.185 e. The fraction of sp³-hybridized carbons (Fsp3) is 0.278. The van der Waals surface area contributed by atoms with Gasteiger partial charge in [0, 0.05) is 12.1 Å². The van der Waals surface area contributed by atoms with Gasteiger partial charge in [-0.1, -0.05) is 30.3 Å². The van der Waals surface area contributed by atoms with E-state index >= 15 is 0 Å². The van der Waals surface area contributed by atoms with Crippen molar-refractivity contribution in [3.63, 3.8) is 0 Å². The minimum Gasteiger partial charge on any atom is -0.350 e.